The van der Waals surface area contributed by atoms with Crippen LogP contribution < -0.4 is 10.6 Å². The lowest BCUT2D eigenvalue weighted by molar-refractivity contribution is 0.0527. The molecule has 0 atom stereocenters. The Morgan fingerprint density at radius 3 is 2.92 bits per heavy atom. The first kappa shape index (κ1) is 17.1. The molecule has 24 heavy (non-hydrogen) atoms. The minimum absolute atomic E-state index is 0.180. The van der Waals surface area contributed by atoms with Crippen LogP contribution in [0.1, 0.15) is 43.8 Å². The molecule has 5 nitrogen and oxygen atoms in total. The summed E-state index contributed by atoms with van der Waals surface area (Å²) in [6, 6.07) is 3.53. The lowest BCUT2D eigenvalue weighted by Crippen LogP contribution is -2.33. The molecule has 2 aromatic rings. The SMILES string of the molecule is CCOC(=O)c1c(NC(=S)NC(=O)c2cccs2)sc2c1CCC2. The molecule has 3 rings (SSSR count). The van der Waals surface area contributed by atoms with Gasteiger partial charge in [-0.2, -0.15) is 0 Å². The van der Waals surface area contributed by atoms with E-state index in [0.717, 1.165) is 24.8 Å². The molecule has 2 heterocycles. The zero-order valence-electron chi connectivity index (χ0n) is 13.0. The summed E-state index contributed by atoms with van der Waals surface area (Å²) < 4.78 is 5.17. The van der Waals surface area contributed by atoms with Gasteiger partial charge in [0.05, 0.1) is 17.0 Å². The third kappa shape index (κ3) is 3.50. The number of hydrogen-bond donors (Lipinski definition) is 2. The predicted molar refractivity (Wildman–Crippen MR) is 100 cm³/mol. The van der Waals surface area contributed by atoms with E-state index >= 15 is 0 Å². The molecule has 1 amide bonds. The fourth-order valence-corrected chi connectivity index (χ4v) is 4.78. The molecule has 126 valence electrons. The first-order valence-electron chi connectivity index (χ1n) is 7.57. The fraction of sp³-hybridized carbons (Fsp3) is 0.312. The number of nitrogens with one attached hydrogen (secondary N) is 2. The van der Waals surface area contributed by atoms with Crippen LogP contribution in [-0.2, 0) is 17.6 Å². The maximum absolute atomic E-state index is 12.3. The van der Waals surface area contributed by atoms with Gasteiger partial charge in [0.1, 0.15) is 5.00 Å². The Hall–Kier alpha value is -1.77. The maximum Gasteiger partial charge on any atom is 0.341 e. The highest BCUT2D eigenvalue weighted by Crippen LogP contribution is 2.39. The summed E-state index contributed by atoms with van der Waals surface area (Å²) in [6.07, 6.45) is 2.88. The zero-order valence-corrected chi connectivity index (χ0v) is 15.5. The monoisotopic (exact) mass is 380 g/mol. The number of carbonyl (C=O) groups excluding carboxylic acids is 2. The number of esters is 1. The van der Waals surface area contributed by atoms with E-state index in [4.69, 9.17) is 17.0 Å². The molecule has 2 aromatic heterocycles. The summed E-state index contributed by atoms with van der Waals surface area (Å²) in [7, 11) is 0. The van der Waals surface area contributed by atoms with Gasteiger partial charge in [0.15, 0.2) is 5.11 Å². The molecule has 0 saturated carbocycles. The van der Waals surface area contributed by atoms with Crippen molar-refractivity contribution in [1.29, 1.82) is 0 Å². The Balaban J connectivity index is 1.76. The lowest BCUT2D eigenvalue weighted by Gasteiger charge is -2.10. The molecule has 1 aliphatic carbocycles. The first-order chi connectivity index (χ1) is 11.6. The molecule has 0 spiro atoms. The van der Waals surface area contributed by atoms with Crippen LogP contribution in [0.4, 0.5) is 5.00 Å². The van der Waals surface area contributed by atoms with Crippen LogP contribution in [0.15, 0.2) is 17.5 Å². The molecule has 1 aliphatic rings. The Morgan fingerprint density at radius 2 is 2.21 bits per heavy atom. The minimum atomic E-state index is -0.341. The predicted octanol–water partition coefficient (Wildman–Crippen LogP) is 3.60. The average Bonchev–Trinajstić information content (AvgIpc) is 3.23. The Morgan fingerprint density at radius 1 is 1.38 bits per heavy atom. The van der Waals surface area contributed by atoms with E-state index < -0.39 is 0 Å². The highest BCUT2D eigenvalue weighted by atomic mass is 32.1. The van der Waals surface area contributed by atoms with E-state index in [0.29, 0.717) is 22.0 Å². The second-order valence-electron chi connectivity index (χ2n) is 5.17. The molecular weight excluding hydrogens is 364 g/mol. The van der Waals surface area contributed by atoms with E-state index in [1.165, 1.54) is 27.6 Å². The van der Waals surface area contributed by atoms with Crippen LogP contribution in [0.3, 0.4) is 0 Å². The molecule has 2 N–H and O–H groups in total. The van der Waals surface area contributed by atoms with E-state index in [1.807, 2.05) is 5.38 Å². The zero-order chi connectivity index (χ0) is 17.1. The van der Waals surface area contributed by atoms with Crippen molar-refractivity contribution in [3.63, 3.8) is 0 Å². The minimum Gasteiger partial charge on any atom is -0.462 e. The number of thiophene rings is 2. The average molecular weight is 381 g/mol. The third-order valence-electron chi connectivity index (χ3n) is 3.60. The smallest absolute Gasteiger partial charge is 0.341 e. The van der Waals surface area contributed by atoms with Crippen LogP contribution in [0.5, 0.6) is 0 Å². The number of hydrogen-bond acceptors (Lipinski definition) is 6. The fourth-order valence-electron chi connectivity index (χ4n) is 2.62. The van der Waals surface area contributed by atoms with Crippen molar-refractivity contribution in [3.05, 3.63) is 38.4 Å². The number of amides is 1. The molecule has 0 saturated heterocycles. The van der Waals surface area contributed by atoms with E-state index in [1.54, 1.807) is 19.1 Å². The van der Waals surface area contributed by atoms with Crippen molar-refractivity contribution < 1.29 is 14.3 Å². The van der Waals surface area contributed by atoms with Gasteiger partial charge in [0, 0.05) is 4.88 Å². The number of rotatable bonds is 4. The van der Waals surface area contributed by atoms with Crippen molar-refractivity contribution in [3.8, 4) is 0 Å². The van der Waals surface area contributed by atoms with Crippen molar-refractivity contribution >= 4 is 56.9 Å². The van der Waals surface area contributed by atoms with E-state index in [2.05, 4.69) is 10.6 Å². The van der Waals surface area contributed by atoms with E-state index in [9.17, 15) is 9.59 Å². The van der Waals surface area contributed by atoms with E-state index in [-0.39, 0.29) is 17.0 Å². The van der Waals surface area contributed by atoms with Crippen LogP contribution >= 0.6 is 34.9 Å². The lowest BCUT2D eigenvalue weighted by atomic mass is 10.1. The topological polar surface area (TPSA) is 67.4 Å². The third-order valence-corrected chi connectivity index (χ3v) is 5.88. The van der Waals surface area contributed by atoms with Gasteiger partial charge in [-0.1, -0.05) is 6.07 Å². The van der Waals surface area contributed by atoms with Crippen molar-refractivity contribution in [1.82, 2.24) is 5.32 Å². The summed E-state index contributed by atoms with van der Waals surface area (Å²) in [5.41, 5.74) is 1.61. The summed E-state index contributed by atoms with van der Waals surface area (Å²) >= 11 is 8.07. The molecular formula is C16H16N2O3S3. The van der Waals surface area contributed by atoms with Gasteiger partial charge in [-0.15, -0.1) is 22.7 Å². The van der Waals surface area contributed by atoms with Crippen LogP contribution in [0.2, 0.25) is 0 Å². The summed E-state index contributed by atoms with van der Waals surface area (Å²) in [5.74, 6) is -0.601. The molecule has 0 bridgehead atoms. The molecule has 0 fully saturated rings. The molecule has 0 radical (unpaired) electrons. The molecule has 0 aromatic carbocycles. The van der Waals surface area contributed by atoms with Gasteiger partial charge in [-0.3, -0.25) is 10.1 Å². The number of aryl methyl sites for hydroxylation is 1. The molecule has 8 heteroatoms. The highest BCUT2D eigenvalue weighted by molar-refractivity contribution is 7.80. The maximum atomic E-state index is 12.3. The van der Waals surface area contributed by atoms with Gasteiger partial charge in [-0.25, -0.2) is 4.79 Å². The Labute approximate surface area is 153 Å². The number of fused-ring (bicyclic) bond motifs is 1. The summed E-state index contributed by atoms with van der Waals surface area (Å²) in [5, 5.41) is 8.29. The largest absolute Gasteiger partial charge is 0.462 e. The number of carbonyl (C=O) groups is 2. The van der Waals surface area contributed by atoms with Gasteiger partial charge >= 0.3 is 5.97 Å². The summed E-state index contributed by atoms with van der Waals surface area (Å²) in [6.45, 7) is 2.10. The molecule has 0 unspecified atom stereocenters. The number of ether oxygens (including phenoxy) is 1. The second-order valence-corrected chi connectivity index (χ2v) is 7.63. The van der Waals surface area contributed by atoms with Gasteiger partial charge < -0.3 is 10.1 Å². The Kier molecular flexibility index (Phi) is 5.27. The van der Waals surface area contributed by atoms with Crippen molar-refractivity contribution in [2.45, 2.75) is 26.2 Å². The van der Waals surface area contributed by atoms with Gasteiger partial charge in [0.2, 0.25) is 0 Å². The quantitative estimate of drug-likeness (QED) is 0.627. The van der Waals surface area contributed by atoms with Crippen LogP contribution in [-0.4, -0.2) is 23.6 Å². The number of anilines is 1. The van der Waals surface area contributed by atoms with Crippen LogP contribution in [0.25, 0.3) is 0 Å². The highest BCUT2D eigenvalue weighted by Gasteiger charge is 2.28. The molecule has 0 aliphatic heterocycles. The van der Waals surface area contributed by atoms with Crippen LogP contribution in [0, 0.1) is 0 Å². The Bertz CT molecular complexity index is 781. The number of thiocarbonyl (C=S) groups is 1. The van der Waals surface area contributed by atoms with Gasteiger partial charge in [-0.05, 0) is 55.4 Å². The first-order valence-corrected chi connectivity index (χ1v) is 9.68. The second kappa shape index (κ2) is 7.42. The summed E-state index contributed by atoms with van der Waals surface area (Å²) in [4.78, 5) is 26.1. The standard InChI is InChI=1S/C16H16N2O3S3/c1-2-21-15(20)12-9-5-3-6-10(9)24-14(12)18-16(22)17-13(19)11-7-4-8-23-11/h4,7-8H,2-3,5-6H2,1H3,(H2,17,18,19,22). The normalized spacial score (nSPS) is 12.5. The van der Waals surface area contributed by atoms with Gasteiger partial charge in [0.25, 0.3) is 5.91 Å². The van der Waals surface area contributed by atoms with Crippen molar-refractivity contribution in [2.24, 2.45) is 0 Å². The van der Waals surface area contributed by atoms with Crippen molar-refractivity contribution in [2.75, 3.05) is 11.9 Å².